The van der Waals surface area contributed by atoms with Crippen LogP contribution in [0.25, 0.3) is 10.9 Å². The molecule has 2 heterocycles. The Labute approximate surface area is 109 Å². The van der Waals surface area contributed by atoms with Crippen molar-refractivity contribution >= 4 is 22.6 Å². The summed E-state index contributed by atoms with van der Waals surface area (Å²) >= 11 is 0. The van der Waals surface area contributed by atoms with Gasteiger partial charge in [0, 0.05) is 11.5 Å². The number of amides is 1. The first-order valence-corrected chi connectivity index (χ1v) is 5.83. The van der Waals surface area contributed by atoms with E-state index >= 15 is 0 Å². The van der Waals surface area contributed by atoms with Gasteiger partial charge in [0.2, 0.25) is 0 Å². The molecule has 0 atom stereocenters. The number of carbonyl (C=O) groups excluding carboxylic acids is 1. The Hall–Kier alpha value is -2.69. The third kappa shape index (κ3) is 2.30. The Morgan fingerprint density at radius 2 is 2.05 bits per heavy atom. The summed E-state index contributed by atoms with van der Waals surface area (Å²) < 4.78 is 4.89. The number of benzene rings is 1. The summed E-state index contributed by atoms with van der Waals surface area (Å²) in [6, 6.07) is 12.8. The summed E-state index contributed by atoms with van der Waals surface area (Å²) in [7, 11) is 0. The van der Waals surface area contributed by atoms with Crippen LogP contribution in [-0.2, 0) is 0 Å². The average molecular weight is 253 g/mol. The smallest absolute Gasteiger partial charge is 0.275 e. The van der Waals surface area contributed by atoms with E-state index in [0.29, 0.717) is 17.3 Å². The standard InChI is InChI=1S/C14H11N3O2/c1-9-8-13(17-19-9)16-14(18)12-7-6-10-4-2-3-5-11(10)15-12/h2-8H,1H3,(H,16,17,18). The predicted octanol–water partition coefficient (Wildman–Crippen LogP) is 2.78. The molecule has 0 saturated carbocycles. The summed E-state index contributed by atoms with van der Waals surface area (Å²) in [5.74, 6) is 0.721. The molecule has 0 aliphatic rings. The van der Waals surface area contributed by atoms with Crippen molar-refractivity contribution in [1.29, 1.82) is 0 Å². The van der Waals surface area contributed by atoms with E-state index in [1.807, 2.05) is 30.3 Å². The predicted molar refractivity (Wildman–Crippen MR) is 70.9 cm³/mol. The molecule has 5 nitrogen and oxygen atoms in total. The molecule has 0 aliphatic carbocycles. The van der Waals surface area contributed by atoms with Crippen molar-refractivity contribution < 1.29 is 9.32 Å². The highest BCUT2D eigenvalue weighted by Gasteiger charge is 2.10. The van der Waals surface area contributed by atoms with Gasteiger partial charge in [-0.05, 0) is 19.1 Å². The van der Waals surface area contributed by atoms with Crippen LogP contribution in [0.15, 0.2) is 47.0 Å². The molecule has 3 aromatic rings. The fourth-order valence-electron chi connectivity index (χ4n) is 1.80. The van der Waals surface area contributed by atoms with Crippen LogP contribution in [0.1, 0.15) is 16.2 Å². The molecule has 0 fully saturated rings. The van der Waals surface area contributed by atoms with Crippen molar-refractivity contribution in [3.8, 4) is 0 Å². The maximum absolute atomic E-state index is 12.0. The van der Waals surface area contributed by atoms with Gasteiger partial charge in [0.25, 0.3) is 5.91 Å². The zero-order valence-corrected chi connectivity index (χ0v) is 10.3. The van der Waals surface area contributed by atoms with Crippen molar-refractivity contribution in [2.75, 3.05) is 5.32 Å². The second-order valence-electron chi connectivity index (χ2n) is 4.17. The highest BCUT2D eigenvalue weighted by molar-refractivity contribution is 6.03. The number of aryl methyl sites for hydroxylation is 1. The van der Waals surface area contributed by atoms with Gasteiger partial charge in [0.1, 0.15) is 11.5 Å². The molecule has 19 heavy (non-hydrogen) atoms. The Morgan fingerprint density at radius 1 is 1.21 bits per heavy atom. The number of anilines is 1. The highest BCUT2D eigenvalue weighted by Crippen LogP contribution is 2.13. The summed E-state index contributed by atoms with van der Waals surface area (Å²) in [5.41, 5.74) is 1.13. The molecule has 1 amide bonds. The quantitative estimate of drug-likeness (QED) is 0.762. The second-order valence-corrected chi connectivity index (χ2v) is 4.17. The van der Waals surface area contributed by atoms with Crippen molar-refractivity contribution in [2.24, 2.45) is 0 Å². The minimum atomic E-state index is -0.306. The Morgan fingerprint density at radius 3 is 2.84 bits per heavy atom. The van der Waals surface area contributed by atoms with Crippen LogP contribution in [0.4, 0.5) is 5.82 Å². The third-order valence-corrected chi connectivity index (χ3v) is 2.70. The van der Waals surface area contributed by atoms with E-state index < -0.39 is 0 Å². The number of aromatic nitrogens is 2. The van der Waals surface area contributed by atoms with Crippen LogP contribution in [0.5, 0.6) is 0 Å². The van der Waals surface area contributed by atoms with Gasteiger partial charge < -0.3 is 9.84 Å². The molecule has 0 bridgehead atoms. The number of para-hydroxylation sites is 1. The van der Waals surface area contributed by atoms with Gasteiger partial charge >= 0.3 is 0 Å². The Balaban J connectivity index is 1.89. The van der Waals surface area contributed by atoms with Crippen molar-refractivity contribution in [3.05, 3.63) is 53.9 Å². The number of pyridine rings is 1. The summed E-state index contributed by atoms with van der Waals surface area (Å²) in [5, 5.41) is 7.34. The molecule has 0 unspecified atom stereocenters. The minimum Gasteiger partial charge on any atom is -0.360 e. The van der Waals surface area contributed by atoms with Crippen molar-refractivity contribution in [3.63, 3.8) is 0 Å². The lowest BCUT2D eigenvalue weighted by Gasteiger charge is -2.02. The summed E-state index contributed by atoms with van der Waals surface area (Å²) in [6.45, 7) is 1.76. The van der Waals surface area contributed by atoms with E-state index in [-0.39, 0.29) is 5.91 Å². The van der Waals surface area contributed by atoms with E-state index in [9.17, 15) is 4.79 Å². The lowest BCUT2D eigenvalue weighted by molar-refractivity contribution is 0.102. The average Bonchev–Trinajstić information content (AvgIpc) is 2.83. The van der Waals surface area contributed by atoms with Gasteiger partial charge in [0.05, 0.1) is 5.52 Å². The number of rotatable bonds is 2. The Bertz CT molecular complexity index is 749. The molecule has 3 rings (SSSR count). The molecule has 2 aromatic heterocycles. The third-order valence-electron chi connectivity index (χ3n) is 2.70. The molecule has 94 valence electrons. The molecule has 1 N–H and O–H groups in total. The number of carbonyl (C=O) groups is 1. The number of hydrogen-bond donors (Lipinski definition) is 1. The first-order valence-electron chi connectivity index (χ1n) is 5.83. The number of nitrogens with zero attached hydrogens (tertiary/aromatic N) is 2. The monoisotopic (exact) mass is 253 g/mol. The zero-order valence-electron chi connectivity index (χ0n) is 10.3. The molecule has 0 spiro atoms. The van der Waals surface area contributed by atoms with Gasteiger partial charge in [-0.1, -0.05) is 29.4 Å². The molecule has 0 aliphatic heterocycles. The van der Waals surface area contributed by atoms with Gasteiger partial charge in [-0.3, -0.25) is 4.79 Å². The maximum Gasteiger partial charge on any atom is 0.275 e. The van der Waals surface area contributed by atoms with Crippen LogP contribution in [0, 0.1) is 6.92 Å². The van der Waals surface area contributed by atoms with Crippen LogP contribution in [0.3, 0.4) is 0 Å². The van der Waals surface area contributed by atoms with E-state index in [4.69, 9.17) is 4.52 Å². The van der Waals surface area contributed by atoms with Crippen molar-refractivity contribution in [2.45, 2.75) is 6.92 Å². The normalized spacial score (nSPS) is 10.6. The molecular weight excluding hydrogens is 242 g/mol. The topological polar surface area (TPSA) is 68.0 Å². The van der Waals surface area contributed by atoms with Crippen LogP contribution < -0.4 is 5.32 Å². The van der Waals surface area contributed by atoms with Gasteiger partial charge in [-0.15, -0.1) is 0 Å². The van der Waals surface area contributed by atoms with Gasteiger partial charge in [0.15, 0.2) is 5.82 Å². The molecule has 5 heteroatoms. The molecular formula is C14H11N3O2. The van der Waals surface area contributed by atoms with E-state index in [0.717, 1.165) is 10.9 Å². The zero-order chi connectivity index (χ0) is 13.2. The van der Waals surface area contributed by atoms with Crippen LogP contribution >= 0.6 is 0 Å². The molecule has 0 radical (unpaired) electrons. The van der Waals surface area contributed by atoms with Gasteiger partial charge in [-0.25, -0.2) is 4.98 Å². The highest BCUT2D eigenvalue weighted by atomic mass is 16.5. The van der Waals surface area contributed by atoms with E-state index in [1.165, 1.54) is 0 Å². The molecule has 1 aromatic carbocycles. The van der Waals surface area contributed by atoms with E-state index in [2.05, 4.69) is 15.5 Å². The van der Waals surface area contributed by atoms with Crippen LogP contribution in [0.2, 0.25) is 0 Å². The maximum atomic E-state index is 12.0. The lowest BCUT2D eigenvalue weighted by atomic mass is 10.2. The van der Waals surface area contributed by atoms with Crippen molar-refractivity contribution in [1.82, 2.24) is 10.1 Å². The molecule has 0 saturated heterocycles. The first kappa shape index (κ1) is 11.4. The number of hydrogen-bond acceptors (Lipinski definition) is 4. The van der Waals surface area contributed by atoms with Crippen LogP contribution in [-0.4, -0.2) is 16.0 Å². The minimum absolute atomic E-state index is 0.306. The summed E-state index contributed by atoms with van der Waals surface area (Å²) in [4.78, 5) is 16.3. The van der Waals surface area contributed by atoms with E-state index in [1.54, 1.807) is 19.1 Å². The number of nitrogens with one attached hydrogen (secondary N) is 1. The Kier molecular flexibility index (Phi) is 2.72. The fraction of sp³-hybridized carbons (Fsp3) is 0.0714. The van der Waals surface area contributed by atoms with Gasteiger partial charge in [-0.2, -0.15) is 0 Å². The summed E-state index contributed by atoms with van der Waals surface area (Å²) in [6.07, 6.45) is 0. The largest absolute Gasteiger partial charge is 0.360 e. The second kappa shape index (κ2) is 4.53. The lowest BCUT2D eigenvalue weighted by Crippen LogP contribution is -2.13. The fourth-order valence-corrected chi connectivity index (χ4v) is 1.80. The number of fused-ring (bicyclic) bond motifs is 1. The first-order chi connectivity index (χ1) is 9.22. The SMILES string of the molecule is Cc1cc(NC(=O)c2ccc3ccccc3n2)no1.